The second kappa shape index (κ2) is 6.76. The summed E-state index contributed by atoms with van der Waals surface area (Å²) in [6.45, 7) is 2.82. The molecule has 0 saturated heterocycles. The third-order valence-electron chi connectivity index (χ3n) is 3.28. The van der Waals surface area contributed by atoms with Gasteiger partial charge in [-0.05, 0) is 42.3 Å². The number of hydrogen-bond acceptors (Lipinski definition) is 3. The van der Waals surface area contributed by atoms with E-state index in [0.29, 0.717) is 5.88 Å². The molecule has 2 aromatic carbocycles. The van der Waals surface area contributed by atoms with E-state index >= 15 is 0 Å². The van der Waals surface area contributed by atoms with Crippen molar-refractivity contribution in [1.82, 2.24) is 4.98 Å². The van der Waals surface area contributed by atoms with Crippen LogP contribution in [0.5, 0.6) is 11.6 Å². The number of nitrogens with one attached hydrogen (secondary N) is 1. The molecule has 3 heteroatoms. The number of nitrogens with zero attached hydrogens (tertiary/aromatic N) is 1. The third-order valence-corrected chi connectivity index (χ3v) is 3.28. The van der Waals surface area contributed by atoms with Crippen molar-refractivity contribution in [3.8, 4) is 11.6 Å². The number of pyridine rings is 1. The van der Waals surface area contributed by atoms with Crippen molar-refractivity contribution in [3.63, 3.8) is 0 Å². The summed E-state index contributed by atoms with van der Waals surface area (Å²) >= 11 is 0. The zero-order valence-electron chi connectivity index (χ0n) is 12.5. The molecule has 0 radical (unpaired) electrons. The lowest BCUT2D eigenvalue weighted by molar-refractivity contribution is 0.462. The molecule has 0 atom stereocenters. The third kappa shape index (κ3) is 3.85. The predicted octanol–water partition coefficient (Wildman–Crippen LogP) is 4.79. The first-order chi connectivity index (χ1) is 10.8. The molecule has 3 nitrogen and oxygen atoms in total. The normalized spacial score (nSPS) is 10.2. The number of aromatic nitrogens is 1. The Morgan fingerprint density at radius 3 is 2.55 bits per heavy atom. The molecule has 0 bridgehead atoms. The van der Waals surface area contributed by atoms with E-state index in [-0.39, 0.29) is 0 Å². The van der Waals surface area contributed by atoms with Gasteiger partial charge < -0.3 is 10.1 Å². The molecule has 0 unspecified atom stereocenters. The Morgan fingerprint density at radius 2 is 1.82 bits per heavy atom. The van der Waals surface area contributed by atoms with Gasteiger partial charge in [0, 0.05) is 24.5 Å². The maximum absolute atomic E-state index is 5.68. The summed E-state index contributed by atoms with van der Waals surface area (Å²) in [5.74, 6) is 1.39. The van der Waals surface area contributed by atoms with E-state index in [1.54, 1.807) is 0 Å². The largest absolute Gasteiger partial charge is 0.439 e. The predicted molar refractivity (Wildman–Crippen MR) is 89.3 cm³/mol. The lowest BCUT2D eigenvalue weighted by atomic mass is 10.2. The second-order valence-electron chi connectivity index (χ2n) is 5.14. The van der Waals surface area contributed by atoms with Gasteiger partial charge in [-0.1, -0.05) is 36.4 Å². The second-order valence-corrected chi connectivity index (χ2v) is 5.14. The van der Waals surface area contributed by atoms with Crippen LogP contribution in [0.2, 0.25) is 0 Å². The summed E-state index contributed by atoms with van der Waals surface area (Å²) < 4.78 is 5.68. The van der Waals surface area contributed by atoms with Gasteiger partial charge in [0.1, 0.15) is 5.75 Å². The van der Waals surface area contributed by atoms with Crippen molar-refractivity contribution in [2.45, 2.75) is 13.5 Å². The molecule has 1 heterocycles. The molecular formula is C19H18N2O. The van der Waals surface area contributed by atoms with Crippen LogP contribution in [0.3, 0.4) is 0 Å². The zero-order chi connectivity index (χ0) is 15.2. The Morgan fingerprint density at radius 1 is 0.955 bits per heavy atom. The van der Waals surface area contributed by atoms with Crippen molar-refractivity contribution in [2.24, 2.45) is 0 Å². The highest BCUT2D eigenvalue weighted by Gasteiger charge is 1.99. The molecule has 0 aliphatic heterocycles. The van der Waals surface area contributed by atoms with Crippen LogP contribution in [-0.2, 0) is 6.54 Å². The first-order valence-electron chi connectivity index (χ1n) is 7.28. The average Bonchev–Trinajstić information content (AvgIpc) is 2.55. The van der Waals surface area contributed by atoms with Crippen LogP contribution < -0.4 is 10.1 Å². The molecule has 0 fully saturated rings. The summed E-state index contributed by atoms with van der Waals surface area (Å²) in [5.41, 5.74) is 3.47. The first-order valence-corrected chi connectivity index (χ1v) is 7.28. The molecule has 0 aliphatic carbocycles. The summed E-state index contributed by atoms with van der Waals surface area (Å²) in [7, 11) is 0. The van der Waals surface area contributed by atoms with Gasteiger partial charge in [0.15, 0.2) is 0 Å². The standard InChI is InChI=1S/C19H18N2O/c1-15-6-5-7-17(12-15)20-13-16-10-11-19(21-14-16)22-18-8-3-2-4-9-18/h2-12,14,20H,13H2,1H3. The van der Waals surface area contributed by atoms with E-state index in [1.807, 2.05) is 54.7 Å². The van der Waals surface area contributed by atoms with Gasteiger partial charge in [-0.25, -0.2) is 4.98 Å². The maximum atomic E-state index is 5.68. The number of para-hydroxylation sites is 1. The number of hydrogen-bond donors (Lipinski definition) is 1. The maximum Gasteiger partial charge on any atom is 0.219 e. The molecule has 1 N–H and O–H groups in total. The Kier molecular flexibility index (Phi) is 4.35. The fraction of sp³-hybridized carbons (Fsp3) is 0.105. The minimum absolute atomic E-state index is 0.602. The highest BCUT2D eigenvalue weighted by atomic mass is 16.5. The van der Waals surface area contributed by atoms with E-state index in [1.165, 1.54) is 5.56 Å². The molecule has 3 rings (SSSR count). The van der Waals surface area contributed by atoms with Gasteiger partial charge in [-0.15, -0.1) is 0 Å². The van der Waals surface area contributed by atoms with Crippen LogP contribution in [0.25, 0.3) is 0 Å². The Balaban J connectivity index is 1.60. The quantitative estimate of drug-likeness (QED) is 0.733. The molecule has 0 spiro atoms. The monoisotopic (exact) mass is 290 g/mol. The fourth-order valence-corrected chi connectivity index (χ4v) is 2.14. The van der Waals surface area contributed by atoms with Crippen LogP contribution in [-0.4, -0.2) is 4.98 Å². The highest BCUT2D eigenvalue weighted by molar-refractivity contribution is 5.45. The van der Waals surface area contributed by atoms with Crippen molar-refractivity contribution >= 4 is 5.69 Å². The average molecular weight is 290 g/mol. The number of ether oxygens (including phenoxy) is 1. The van der Waals surface area contributed by atoms with Crippen molar-refractivity contribution in [3.05, 3.63) is 84.1 Å². The van der Waals surface area contributed by atoms with E-state index in [2.05, 4.69) is 35.4 Å². The molecule has 22 heavy (non-hydrogen) atoms. The van der Waals surface area contributed by atoms with Crippen LogP contribution in [0.15, 0.2) is 72.9 Å². The van der Waals surface area contributed by atoms with Gasteiger partial charge in [0.2, 0.25) is 5.88 Å². The van der Waals surface area contributed by atoms with Gasteiger partial charge >= 0.3 is 0 Å². The van der Waals surface area contributed by atoms with Crippen LogP contribution in [0, 0.1) is 6.92 Å². The molecule has 110 valence electrons. The summed E-state index contributed by atoms with van der Waals surface area (Å²) in [4.78, 5) is 4.34. The Labute approximate surface area is 130 Å². The summed E-state index contributed by atoms with van der Waals surface area (Å²) in [6.07, 6.45) is 1.83. The Hall–Kier alpha value is -2.81. The zero-order valence-corrected chi connectivity index (χ0v) is 12.5. The number of rotatable bonds is 5. The number of aryl methyl sites for hydroxylation is 1. The van der Waals surface area contributed by atoms with Crippen molar-refractivity contribution < 1.29 is 4.74 Å². The van der Waals surface area contributed by atoms with Crippen LogP contribution in [0.1, 0.15) is 11.1 Å². The van der Waals surface area contributed by atoms with Crippen molar-refractivity contribution in [2.75, 3.05) is 5.32 Å². The molecule has 3 aromatic rings. The van der Waals surface area contributed by atoms with E-state index in [9.17, 15) is 0 Å². The van der Waals surface area contributed by atoms with Gasteiger partial charge in [-0.3, -0.25) is 0 Å². The molecule has 0 amide bonds. The smallest absolute Gasteiger partial charge is 0.219 e. The Bertz CT molecular complexity index is 724. The van der Waals surface area contributed by atoms with Crippen molar-refractivity contribution in [1.29, 1.82) is 0 Å². The minimum Gasteiger partial charge on any atom is -0.439 e. The fourth-order valence-electron chi connectivity index (χ4n) is 2.14. The molecule has 0 saturated carbocycles. The topological polar surface area (TPSA) is 34.1 Å². The van der Waals surface area contributed by atoms with E-state index in [0.717, 1.165) is 23.5 Å². The first kappa shape index (κ1) is 14.1. The van der Waals surface area contributed by atoms with Crippen LogP contribution >= 0.6 is 0 Å². The molecular weight excluding hydrogens is 272 g/mol. The molecule has 1 aromatic heterocycles. The number of benzene rings is 2. The summed E-state index contributed by atoms with van der Waals surface area (Å²) in [6, 6.07) is 21.9. The minimum atomic E-state index is 0.602. The number of anilines is 1. The lowest BCUT2D eigenvalue weighted by Gasteiger charge is -2.08. The van der Waals surface area contributed by atoms with Crippen LogP contribution in [0.4, 0.5) is 5.69 Å². The van der Waals surface area contributed by atoms with Gasteiger partial charge in [0.25, 0.3) is 0 Å². The van der Waals surface area contributed by atoms with Gasteiger partial charge in [-0.2, -0.15) is 0 Å². The SMILES string of the molecule is Cc1cccc(NCc2ccc(Oc3ccccc3)nc2)c1. The summed E-state index contributed by atoms with van der Waals surface area (Å²) in [5, 5.41) is 3.39. The van der Waals surface area contributed by atoms with E-state index < -0.39 is 0 Å². The van der Waals surface area contributed by atoms with E-state index in [4.69, 9.17) is 4.74 Å². The molecule has 0 aliphatic rings. The lowest BCUT2D eigenvalue weighted by Crippen LogP contribution is -2.00. The highest BCUT2D eigenvalue weighted by Crippen LogP contribution is 2.19. The van der Waals surface area contributed by atoms with Gasteiger partial charge in [0.05, 0.1) is 0 Å².